The molecular formula is C20H26. The molecule has 0 N–H and O–H groups in total. The second-order valence-electron chi connectivity index (χ2n) is 4.18. The van der Waals surface area contributed by atoms with Crippen molar-refractivity contribution < 1.29 is 0 Å². The standard InChI is InChI=1S/C18H22.C2H4/c1-4-7-9-13-17-14-10-11-15-18(17)16(6-3)12-8-5-2;1-2/h4-6,8,10-12,14-15H,1-2,7,9,13H2,3H3;1-2H2/b12-8-,16-6+;. The van der Waals surface area contributed by atoms with Crippen molar-refractivity contribution in [3.05, 3.63) is 92.1 Å². The zero-order chi connectivity index (χ0) is 15.2. The minimum absolute atomic E-state index is 1.07. The highest BCUT2D eigenvalue weighted by Crippen LogP contribution is 2.22. The van der Waals surface area contributed by atoms with E-state index >= 15 is 0 Å². The molecule has 1 aromatic carbocycles. The minimum atomic E-state index is 1.07. The Hall–Kier alpha value is -2.08. The van der Waals surface area contributed by atoms with Gasteiger partial charge in [-0.05, 0) is 42.9 Å². The van der Waals surface area contributed by atoms with Gasteiger partial charge in [0.25, 0.3) is 0 Å². The Balaban J connectivity index is 0.00000172. The topological polar surface area (TPSA) is 0 Å². The fourth-order valence-electron chi connectivity index (χ4n) is 1.97. The highest BCUT2D eigenvalue weighted by molar-refractivity contribution is 5.76. The molecule has 1 aromatic rings. The van der Waals surface area contributed by atoms with Gasteiger partial charge >= 0.3 is 0 Å². The Kier molecular flexibility index (Phi) is 10.7. The van der Waals surface area contributed by atoms with Crippen molar-refractivity contribution in [2.75, 3.05) is 0 Å². The average molecular weight is 266 g/mol. The molecule has 0 aromatic heterocycles. The summed E-state index contributed by atoms with van der Waals surface area (Å²) in [5, 5.41) is 0. The predicted octanol–water partition coefficient (Wildman–Crippen LogP) is 6.14. The third-order valence-electron chi connectivity index (χ3n) is 2.91. The van der Waals surface area contributed by atoms with Crippen LogP contribution in [0.15, 0.2) is 81.0 Å². The maximum absolute atomic E-state index is 3.77. The summed E-state index contributed by atoms with van der Waals surface area (Å²) in [5.41, 5.74) is 3.98. The van der Waals surface area contributed by atoms with Crippen LogP contribution in [0.4, 0.5) is 0 Å². The summed E-state index contributed by atoms with van der Waals surface area (Å²) < 4.78 is 0. The minimum Gasteiger partial charge on any atom is -0.106 e. The number of hydrogen-bond donors (Lipinski definition) is 0. The van der Waals surface area contributed by atoms with Gasteiger partial charge in [0.2, 0.25) is 0 Å². The normalized spacial score (nSPS) is 10.8. The van der Waals surface area contributed by atoms with Crippen molar-refractivity contribution in [3.8, 4) is 0 Å². The molecule has 0 spiro atoms. The highest BCUT2D eigenvalue weighted by atomic mass is 14.1. The maximum Gasteiger partial charge on any atom is -0.0155 e. The number of rotatable bonds is 7. The third-order valence-corrected chi connectivity index (χ3v) is 2.91. The predicted molar refractivity (Wildman–Crippen MR) is 93.8 cm³/mol. The second kappa shape index (κ2) is 12.0. The molecule has 0 nitrogen and oxygen atoms in total. The van der Waals surface area contributed by atoms with Crippen molar-refractivity contribution in [1.82, 2.24) is 0 Å². The van der Waals surface area contributed by atoms with Crippen LogP contribution in [0.3, 0.4) is 0 Å². The summed E-state index contributed by atoms with van der Waals surface area (Å²) >= 11 is 0. The quantitative estimate of drug-likeness (QED) is 0.316. The van der Waals surface area contributed by atoms with E-state index in [0.717, 1.165) is 19.3 Å². The molecule has 0 aliphatic carbocycles. The Morgan fingerprint density at radius 1 is 1.15 bits per heavy atom. The van der Waals surface area contributed by atoms with E-state index in [9.17, 15) is 0 Å². The van der Waals surface area contributed by atoms with Crippen LogP contribution in [0.1, 0.15) is 30.9 Å². The van der Waals surface area contributed by atoms with Crippen LogP contribution < -0.4 is 0 Å². The van der Waals surface area contributed by atoms with Gasteiger partial charge in [0.15, 0.2) is 0 Å². The monoisotopic (exact) mass is 266 g/mol. The first-order valence-corrected chi connectivity index (χ1v) is 6.98. The van der Waals surface area contributed by atoms with E-state index in [1.165, 1.54) is 16.7 Å². The van der Waals surface area contributed by atoms with Gasteiger partial charge < -0.3 is 0 Å². The van der Waals surface area contributed by atoms with Crippen molar-refractivity contribution >= 4 is 5.57 Å². The van der Waals surface area contributed by atoms with Gasteiger partial charge in [-0.25, -0.2) is 0 Å². The summed E-state index contributed by atoms with van der Waals surface area (Å²) in [6.07, 6.45) is 13.4. The van der Waals surface area contributed by atoms with Gasteiger partial charge in [-0.2, -0.15) is 0 Å². The molecule has 20 heavy (non-hydrogen) atoms. The van der Waals surface area contributed by atoms with E-state index in [4.69, 9.17) is 0 Å². The molecule has 1 rings (SSSR count). The number of allylic oxidation sites excluding steroid dienone is 6. The zero-order valence-corrected chi connectivity index (χ0v) is 12.6. The molecule has 0 heterocycles. The van der Waals surface area contributed by atoms with E-state index in [2.05, 4.69) is 69.7 Å². The first kappa shape index (κ1) is 17.9. The molecular weight excluding hydrogens is 240 g/mol. The van der Waals surface area contributed by atoms with E-state index in [-0.39, 0.29) is 0 Å². The average Bonchev–Trinajstić information content (AvgIpc) is 2.51. The lowest BCUT2D eigenvalue weighted by atomic mass is 9.95. The lowest BCUT2D eigenvalue weighted by molar-refractivity contribution is 0.842. The van der Waals surface area contributed by atoms with Crippen LogP contribution in [0, 0.1) is 0 Å². The van der Waals surface area contributed by atoms with Crippen molar-refractivity contribution in [3.63, 3.8) is 0 Å². The SMILES string of the molecule is C=C.C=C/C=C\C(=C/C)c1ccccc1CCCC=C. The van der Waals surface area contributed by atoms with Crippen LogP contribution in [0.2, 0.25) is 0 Å². The van der Waals surface area contributed by atoms with Gasteiger partial charge in [-0.15, -0.1) is 19.7 Å². The summed E-state index contributed by atoms with van der Waals surface area (Å²) in [4.78, 5) is 0. The summed E-state index contributed by atoms with van der Waals surface area (Å²) in [6.45, 7) is 15.6. The summed E-state index contributed by atoms with van der Waals surface area (Å²) in [7, 11) is 0. The Labute approximate surface area is 124 Å². The van der Waals surface area contributed by atoms with E-state index in [1.54, 1.807) is 0 Å². The summed E-state index contributed by atoms with van der Waals surface area (Å²) in [6, 6.07) is 8.60. The number of benzene rings is 1. The Bertz CT molecular complexity index is 461. The van der Waals surface area contributed by atoms with Gasteiger partial charge in [0.1, 0.15) is 0 Å². The molecule has 0 atom stereocenters. The number of unbranched alkanes of at least 4 members (excludes halogenated alkanes) is 1. The zero-order valence-electron chi connectivity index (χ0n) is 12.6. The molecule has 0 radical (unpaired) electrons. The Morgan fingerprint density at radius 3 is 2.45 bits per heavy atom. The van der Waals surface area contributed by atoms with Crippen LogP contribution >= 0.6 is 0 Å². The maximum atomic E-state index is 3.77. The first-order valence-electron chi connectivity index (χ1n) is 6.98. The van der Waals surface area contributed by atoms with Crippen LogP contribution in [0.5, 0.6) is 0 Å². The first-order chi connectivity index (χ1) is 9.83. The van der Waals surface area contributed by atoms with E-state index in [1.807, 2.05) is 18.2 Å². The molecule has 0 amide bonds. The Morgan fingerprint density at radius 2 is 1.85 bits per heavy atom. The van der Waals surface area contributed by atoms with Crippen LogP contribution in [-0.2, 0) is 6.42 Å². The van der Waals surface area contributed by atoms with Gasteiger partial charge in [0.05, 0.1) is 0 Å². The van der Waals surface area contributed by atoms with Crippen LogP contribution in [0.25, 0.3) is 5.57 Å². The third kappa shape index (κ3) is 6.19. The molecule has 0 unspecified atom stereocenters. The molecule has 0 aliphatic heterocycles. The van der Waals surface area contributed by atoms with Gasteiger partial charge in [-0.3, -0.25) is 0 Å². The fraction of sp³-hybridized carbons (Fsp3) is 0.200. The van der Waals surface area contributed by atoms with Gasteiger partial charge in [0, 0.05) is 0 Å². The van der Waals surface area contributed by atoms with Crippen molar-refractivity contribution in [1.29, 1.82) is 0 Å². The smallest absolute Gasteiger partial charge is 0.0155 e. The van der Waals surface area contributed by atoms with E-state index in [0.29, 0.717) is 0 Å². The molecule has 0 bridgehead atoms. The molecule has 0 saturated heterocycles. The van der Waals surface area contributed by atoms with E-state index < -0.39 is 0 Å². The largest absolute Gasteiger partial charge is 0.106 e. The fourth-order valence-corrected chi connectivity index (χ4v) is 1.97. The summed E-state index contributed by atoms with van der Waals surface area (Å²) in [5.74, 6) is 0. The van der Waals surface area contributed by atoms with Gasteiger partial charge in [-0.1, -0.05) is 61.2 Å². The second-order valence-corrected chi connectivity index (χ2v) is 4.18. The molecule has 0 fully saturated rings. The molecule has 0 heteroatoms. The lowest BCUT2D eigenvalue weighted by Gasteiger charge is -2.09. The number of hydrogen-bond acceptors (Lipinski definition) is 0. The van der Waals surface area contributed by atoms with Crippen molar-refractivity contribution in [2.24, 2.45) is 0 Å². The molecule has 106 valence electrons. The molecule has 0 aliphatic rings. The highest BCUT2D eigenvalue weighted by Gasteiger charge is 2.03. The molecule has 0 saturated carbocycles. The lowest BCUT2D eigenvalue weighted by Crippen LogP contribution is -1.92. The van der Waals surface area contributed by atoms with Crippen molar-refractivity contribution in [2.45, 2.75) is 26.2 Å². The number of aryl methyl sites for hydroxylation is 1. The van der Waals surface area contributed by atoms with Crippen LogP contribution in [-0.4, -0.2) is 0 Å².